The first-order valence-electron chi connectivity index (χ1n) is 6.28. The average Bonchev–Trinajstić information content (AvgIpc) is 2.29. The largest absolute Gasteiger partial charge is 0.295 e. The van der Waals surface area contributed by atoms with E-state index in [1.165, 1.54) is 38.5 Å². The first-order valence-corrected chi connectivity index (χ1v) is 6.28. The maximum absolute atomic E-state index is 11.6. The number of hydrogen-bond donors (Lipinski definition) is 0. The summed E-state index contributed by atoms with van der Waals surface area (Å²) in [4.78, 5) is 11.6. The Hall–Kier alpha value is -0.850. The van der Waals surface area contributed by atoms with Gasteiger partial charge in [0.05, 0.1) is 0 Å². The Bertz CT molecular complexity index is 288. The molecule has 1 nitrogen and oxygen atoms in total. The Morgan fingerprint density at radius 3 is 2.13 bits per heavy atom. The third-order valence-corrected chi connectivity index (χ3v) is 3.47. The monoisotopic (exact) mass is 204 g/mol. The molecule has 0 saturated heterocycles. The van der Waals surface area contributed by atoms with Gasteiger partial charge >= 0.3 is 0 Å². The number of carbonyl (C=O) groups is 1. The number of rotatable bonds is 1. The summed E-state index contributed by atoms with van der Waals surface area (Å²) in [6.07, 6.45) is 14.9. The number of ketones is 1. The van der Waals surface area contributed by atoms with Crippen LogP contribution in [-0.2, 0) is 4.79 Å². The fourth-order valence-electron chi connectivity index (χ4n) is 2.47. The van der Waals surface area contributed by atoms with Crippen molar-refractivity contribution in [3.8, 4) is 0 Å². The summed E-state index contributed by atoms with van der Waals surface area (Å²) in [7, 11) is 0. The predicted octanol–water partition coefficient (Wildman–Crippen LogP) is 3.95. The van der Waals surface area contributed by atoms with Gasteiger partial charge in [0.15, 0.2) is 5.78 Å². The third kappa shape index (κ3) is 3.05. The smallest absolute Gasteiger partial charge is 0.158 e. The van der Waals surface area contributed by atoms with E-state index in [0.717, 1.165) is 24.8 Å². The highest BCUT2D eigenvalue weighted by Gasteiger charge is 2.13. The van der Waals surface area contributed by atoms with E-state index < -0.39 is 0 Å². The molecular weight excluding hydrogens is 184 g/mol. The summed E-state index contributed by atoms with van der Waals surface area (Å²) in [5, 5.41) is 0. The molecule has 2 aliphatic rings. The van der Waals surface area contributed by atoms with Crippen molar-refractivity contribution in [1.29, 1.82) is 0 Å². The molecule has 0 amide bonds. The number of allylic oxidation sites excluding steroid dienone is 4. The zero-order valence-electron chi connectivity index (χ0n) is 9.43. The van der Waals surface area contributed by atoms with Gasteiger partial charge in [-0.2, -0.15) is 0 Å². The van der Waals surface area contributed by atoms with Crippen LogP contribution in [0.3, 0.4) is 0 Å². The lowest BCUT2D eigenvalue weighted by Gasteiger charge is -2.14. The lowest BCUT2D eigenvalue weighted by Crippen LogP contribution is -2.07. The molecule has 0 aromatic heterocycles. The molecule has 0 bridgehead atoms. The van der Waals surface area contributed by atoms with Gasteiger partial charge in [0, 0.05) is 6.42 Å². The zero-order chi connectivity index (χ0) is 10.5. The highest BCUT2D eigenvalue weighted by Crippen LogP contribution is 2.24. The minimum atomic E-state index is 0.383. The standard InChI is InChI=1S/C14H20O/c15-14-9-5-4-8-13(14)11-10-12-6-2-1-3-7-12/h10-11H,1-9H2/b13-11-. The molecule has 0 unspecified atom stereocenters. The molecule has 0 aliphatic heterocycles. The molecule has 15 heavy (non-hydrogen) atoms. The summed E-state index contributed by atoms with van der Waals surface area (Å²) in [5.74, 6) is 0.383. The molecule has 2 rings (SSSR count). The molecule has 0 spiro atoms. The Morgan fingerprint density at radius 1 is 0.733 bits per heavy atom. The molecule has 1 heteroatoms. The summed E-state index contributed by atoms with van der Waals surface area (Å²) >= 11 is 0. The van der Waals surface area contributed by atoms with Crippen LogP contribution in [0.4, 0.5) is 0 Å². The number of carbonyl (C=O) groups excluding carboxylic acids is 1. The van der Waals surface area contributed by atoms with E-state index in [4.69, 9.17) is 0 Å². The van der Waals surface area contributed by atoms with E-state index in [9.17, 15) is 4.79 Å². The van der Waals surface area contributed by atoms with Gasteiger partial charge in [-0.15, -0.1) is 0 Å². The van der Waals surface area contributed by atoms with Crippen molar-refractivity contribution >= 4 is 5.78 Å². The molecule has 82 valence electrons. The quantitative estimate of drug-likeness (QED) is 0.591. The highest BCUT2D eigenvalue weighted by atomic mass is 16.1. The maximum Gasteiger partial charge on any atom is 0.158 e. The topological polar surface area (TPSA) is 17.1 Å². The van der Waals surface area contributed by atoms with Crippen LogP contribution in [0.15, 0.2) is 23.3 Å². The van der Waals surface area contributed by atoms with Crippen LogP contribution in [0.25, 0.3) is 0 Å². The van der Waals surface area contributed by atoms with Gasteiger partial charge in [-0.1, -0.05) is 24.1 Å². The lowest BCUT2D eigenvalue weighted by molar-refractivity contribution is -0.116. The van der Waals surface area contributed by atoms with Crippen LogP contribution in [0.1, 0.15) is 57.8 Å². The number of hydrogen-bond acceptors (Lipinski definition) is 1. The minimum absolute atomic E-state index is 0.383. The predicted molar refractivity (Wildman–Crippen MR) is 62.7 cm³/mol. The van der Waals surface area contributed by atoms with Gasteiger partial charge in [0.1, 0.15) is 0 Å². The first kappa shape index (κ1) is 10.7. The van der Waals surface area contributed by atoms with Crippen molar-refractivity contribution in [2.45, 2.75) is 57.8 Å². The van der Waals surface area contributed by atoms with Gasteiger partial charge in [0.2, 0.25) is 0 Å². The van der Waals surface area contributed by atoms with Crippen LogP contribution in [0.5, 0.6) is 0 Å². The van der Waals surface area contributed by atoms with Gasteiger partial charge < -0.3 is 0 Å². The van der Waals surface area contributed by atoms with Crippen LogP contribution in [0.2, 0.25) is 0 Å². The third-order valence-electron chi connectivity index (χ3n) is 3.47. The van der Waals surface area contributed by atoms with Crippen molar-refractivity contribution in [1.82, 2.24) is 0 Å². The zero-order valence-corrected chi connectivity index (χ0v) is 9.43. The Morgan fingerprint density at radius 2 is 1.40 bits per heavy atom. The fraction of sp³-hybridized carbons (Fsp3) is 0.643. The Labute approximate surface area is 92.3 Å². The Balaban J connectivity index is 1.98. The second-order valence-corrected chi connectivity index (χ2v) is 4.71. The molecule has 0 aromatic carbocycles. The van der Waals surface area contributed by atoms with E-state index in [1.807, 2.05) is 0 Å². The second-order valence-electron chi connectivity index (χ2n) is 4.71. The molecule has 2 aliphatic carbocycles. The lowest BCUT2D eigenvalue weighted by atomic mass is 9.91. The first-order chi connectivity index (χ1) is 7.36. The van der Waals surface area contributed by atoms with Crippen LogP contribution >= 0.6 is 0 Å². The van der Waals surface area contributed by atoms with E-state index in [-0.39, 0.29) is 0 Å². The highest BCUT2D eigenvalue weighted by molar-refractivity contribution is 5.96. The van der Waals surface area contributed by atoms with Crippen molar-refractivity contribution in [2.75, 3.05) is 0 Å². The molecule has 0 aromatic rings. The molecule has 2 saturated carbocycles. The average molecular weight is 204 g/mol. The van der Waals surface area contributed by atoms with E-state index in [0.29, 0.717) is 5.78 Å². The van der Waals surface area contributed by atoms with Crippen molar-refractivity contribution in [3.63, 3.8) is 0 Å². The summed E-state index contributed by atoms with van der Waals surface area (Å²) < 4.78 is 0. The normalized spacial score (nSPS) is 25.7. The molecular formula is C14H20O. The number of Topliss-reactive ketones (excluding diaryl/α,β-unsaturated/α-hetero) is 1. The second kappa shape index (κ2) is 5.29. The Kier molecular flexibility index (Phi) is 3.76. The fourth-order valence-corrected chi connectivity index (χ4v) is 2.47. The maximum atomic E-state index is 11.6. The molecule has 0 N–H and O–H groups in total. The van der Waals surface area contributed by atoms with Crippen LogP contribution in [0, 0.1) is 0 Å². The van der Waals surface area contributed by atoms with Gasteiger partial charge in [-0.25, -0.2) is 0 Å². The van der Waals surface area contributed by atoms with E-state index >= 15 is 0 Å². The van der Waals surface area contributed by atoms with Gasteiger partial charge in [-0.05, 0) is 50.5 Å². The molecule has 2 fully saturated rings. The summed E-state index contributed by atoms with van der Waals surface area (Å²) in [6.45, 7) is 0. The van der Waals surface area contributed by atoms with Gasteiger partial charge in [-0.3, -0.25) is 4.79 Å². The van der Waals surface area contributed by atoms with Crippen molar-refractivity contribution < 1.29 is 4.79 Å². The van der Waals surface area contributed by atoms with Gasteiger partial charge in [0.25, 0.3) is 0 Å². The summed E-state index contributed by atoms with van der Waals surface area (Å²) in [6, 6.07) is 0. The minimum Gasteiger partial charge on any atom is -0.295 e. The van der Waals surface area contributed by atoms with Crippen molar-refractivity contribution in [2.24, 2.45) is 0 Å². The van der Waals surface area contributed by atoms with Crippen molar-refractivity contribution in [3.05, 3.63) is 23.3 Å². The van der Waals surface area contributed by atoms with E-state index in [1.54, 1.807) is 5.57 Å². The summed E-state index contributed by atoms with van der Waals surface area (Å²) in [5.41, 5.74) is 2.62. The van der Waals surface area contributed by atoms with Crippen LogP contribution in [-0.4, -0.2) is 5.78 Å². The SMILES string of the molecule is O=C1CCCC/C1=C/C=C1CCCCC1. The molecule has 0 atom stereocenters. The molecule has 0 heterocycles. The van der Waals surface area contributed by atoms with E-state index in [2.05, 4.69) is 12.2 Å². The van der Waals surface area contributed by atoms with Crippen LogP contribution < -0.4 is 0 Å². The molecule has 0 radical (unpaired) electrons.